The van der Waals surface area contributed by atoms with Gasteiger partial charge in [-0.05, 0) is 62.3 Å². The molecule has 0 saturated heterocycles. The van der Waals surface area contributed by atoms with Gasteiger partial charge in [0.1, 0.15) is 18.2 Å². The van der Waals surface area contributed by atoms with E-state index in [2.05, 4.69) is 73.6 Å². The van der Waals surface area contributed by atoms with Crippen LogP contribution in [0.25, 0.3) is 11.0 Å². The number of rotatable bonds is 8. The molecule has 2 aromatic carbocycles. The summed E-state index contributed by atoms with van der Waals surface area (Å²) in [4.78, 5) is 7.26. The molecular weight excluding hydrogens is 358 g/mol. The second-order valence-corrected chi connectivity index (χ2v) is 6.81. The van der Waals surface area contributed by atoms with Crippen molar-refractivity contribution in [2.45, 2.75) is 40.8 Å². The maximum Gasteiger partial charge on any atom is 0.148 e. The molecule has 0 unspecified atom stereocenters. The lowest BCUT2D eigenvalue weighted by Gasteiger charge is -2.19. The third-order valence-electron chi connectivity index (χ3n) is 4.83. The van der Waals surface area contributed by atoms with Crippen molar-refractivity contribution in [3.63, 3.8) is 0 Å². The molecule has 1 aromatic heterocycles. The summed E-state index contributed by atoms with van der Waals surface area (Å²) in [5, 5.41) is 0. The predicted octanol–water partition coefficient (Wildman–Crippen LogP) is 5.00. The number of likely N-dealkylation sites (N-methyl/N-ethyl adjacent to an activating group) is 1. The highest BCUT2D eigenvalue weighted by Gasteiger charge is 2.12. The van der Waals surface area contributed by atoms with Gasteiger partial charge in [0, 0.05) is 13.1 Å². The number of halogens is 1. The fourth-order valence-electron chi connectivity index (χ4n) is 3.43. The van der Waals surface area contributed by atoms with Crippen LogP contribution in [0.3, 0.4) is 0 Å². The van der Waals surface area contributed by atoms with Gasteiger partial charge in [-0.15, -0.1) is 12.4 Å². The van der Waals surface area contributed by atoms with Crippen molar-refractivity contribution in [2.24, 2.45) is 0 Å². The van der Waals surface area contributed by atoms with E-state index in [-0.39, 0.29) is 12.4 Å². The lowest BCUT2D eigenvalue weighted by Crippen LogP contribution is -2.27. The number of aromatic nitrogens is 2. The lowest BCUT2D eigenvalue weighted by molar-refractivity contribution is 0.271. The molecule has 0 amide bonds. The summed E-state index contributed by atoms with van der Waals surface area (Å²) >= 11 is 0. The van der Waals surface area contributed by atoms with Gasteiger partial charge in [-0.1, -0.05) is 32.0 Å². The highest BCUT2D eigenvalue weighted by Crippen LogP contribution is 2.20. The van der Waals surface area contributed by atoms with Crippen LogP contribution < -0.4 is 4.74 Å². The van der Waals surface area contributed by atoms with Crippen LogP contribution >= 0.6 is 12.4 Å². The van der Waals surface area contributed by atoms with Crippen molar-refractivity contribution in [2.75, 3.05) is 19.6 Å². The number of imidazole rings is 1. The van der Waals surface area contributed by atoms with Crippen LogP contribution in [-0.4, -0.2) is 34.1 Å². The van der Waals surface area contributed by atoms with Gasteiger partial charge in [0.2, 0.25) is 0 Å². The Labute approximate surface area is 168 Å². The minimum atomic E-state index is 0. The fourth-order valence-corrected chi connectivity index (χ4v) is 3.43. The van der Waals surface area contributed by atoms with Crippen molar-refractivity contribution >= 4 is 23.4 Å². The van der Waals surface area contributed by atoms with Gasteiger partial charge in [-0.2, -0.15) is 0 Å². The second kappa shape index (κ2) is 9.77. The average Bonchev–Trinajstić information content (AvgIpc) is 2.98. The summed E-state index contributed by atoms with van der Waals surface area (Å²) in [6.07, 6.45) is 0. The number of para-hydroxylation sites is 2. The molecule has 0 spiro atoms. The molecule has 0 N–H and O–H groups in total. The average molecular weight is 388 g/mol. The molecule has 3 aromatic rings. The zero-order chi connectivity index (χ0) is 18.5. The van der Waals surface area contributed by atoms with Gasteiger partial charge in [0.05, 0.1) is 11.0 Å². The molecule has 27 heavy (non-hydrogen) atoms. The first kappa shape index (κ1) is 21.3. The van der Waals surface area contributed by atoms with Crippen LogP contribution in [0.1, 0.15) is 30.8 Å². The van der Waals surface area contributed by atoms with Gasteiger partial charge in [0.15, 0.2) is 0 Å². The first-order valence-electron chi connectivity index (χ1n) is 9.48. The summed E-state index contributed by atoms with van der Waals surface area (Å²) < 4.78 is 8.39. The highest BCUT2D eigenvalue weighted by atomic mass is 35.5. The van der Waals surface area contributed by atoms with E-state index in [4.69, 9.17) is 9.72 Å². The fraction of sp³-hybridized carbons (Fsp3) is 0.409. The molecule has 1 heterocycles. The molecule has 146 valence electrons. The second-order valence-electron chi connectivity index (χ2n) is 6.81. The number of benzene rings is 2. The van der Waals surface area contributed by atoms with E-state index in [0.29, 0.717) is 6.61 Å². The molecule has 4 nitrogen and oxygen atoms in total. The van der Waals surface area contributed by atoms with Crippen LogP contribution in [0.15, 0.2) is 42.5 Å². The first-order chi connectivity index (χ1) is 12.6. The standard InChI is InChI=1S/C22H29N3O.ClH/c1-5-24(6-2)11-12-25-21-10-8-7-9-20(21)23-22(25)16-26-19-14-17(3)13-18(4)15-19;/h7-10,13-15H,5-6,11-12,16H2,1-4H3;1H. The quantitative estimate of drug-likeness (QED) is 0.545. The lowest BCUT2D eigenvalue weighted by atomic mass is 10.1. The minimum absolute atomic E-state index is 0. The molecule has 0 aliphatic heterocycles. The Balaban J connectivity index is 0.00000261. The van der Waals surface area contributed by atoms with Gasteiger partial charge in [-0.3, -0.25) is 0 Å². The normalized spacial score (nSPS) is 11.0. The van der Waals surface area contributed by atoms with Gasteiger partial charge in [-0.25, -0.2) is 4.98 Å². The Kier molecular flexibility index (Phi) is 7.69. The number of hydrogen-bond donors (Lipinski definition) is 0. The number of nitrogens with zero attached hydrogens (tertiary/aromatic N) is 3. The van der Waals surface area contributed by atoms with Crippen LogP contribution in [0, 0.1) is 13.8 Å². The number of hydrogen-bond acceptors (Lipinski definition) is 3. The van der Waals surface area contributed by atoms with Crippen molar-refractivity contribution in [3.05, 3.63) is 59.4 Å². The summed E-state index contributed by atoms with van der Waals surface area (Å²) in [6, 6.07) is 14.7. The molecule has 3 rings (SSSR count). The summed E-state index contributed by atoms with van der Waals surface area (Å²) in [5.41, 5.74) is 4.65. The topological polar surface area (TPSA) is 30.3 Å². The van der Waals surface area contributed by atoms with Crippen molar-refractivity contribution in [3.8, 4) is 5.75 Å². The zero-order valence-corrected chi connectivity index (χ0v) is 17.6. The van der Waals surface area contributed by atoms with E-state index in [1.165, 1.54) is 16.6 Å². The third kappa shape index (κ3) is 5.24. The van der Waals surface area contributed by atoms with Crippen molar-refractivity contribution in [1.82, 2.24) is 14.5 Å². The highest BCUT2D eigenvalue weighted by molar-refractivity contribution is 5.85. The predicted molar refractivity (Wildman–Crippen MR) is 115 cm³/mol. The van der Waals surface area contributed by atoms with E-state index in [0.717, 1.165) is 43.3 Å². The molecule has 0 aliphatic rings. The molecule has 0 radical (unpaired) electrons. The SMILES string of the molecule is CCN(CC)CCn1c(COc2cc(C)cc(C)c2)nc2ccccc21.Cl. The Bertz CT molecular complexity index is 851. The van der Waals surface area contributed by atoms with Crippen molar-refractivity contribution < 1.29 is 4.74 Å². The summed E-state index contributed by atoms with van der Waals surface area (Å²) in [5.74, 6) is 1.89. The molecule has 0 bridgehead atoms. The largest absolute Gasteiger partial charge is 0.486 e. The maximum absolute atomic E-state index is 6.09. The van der Waals surface area contributed by atoms with Gasteiger partial charge in [0.25, 0.3) is 0 Å². The van der Waals surface area contributed by atoms with E-state index < -0.39 is 0 Å². The van der Waals surface area contributed by atoms with Gasteiger partial charge < -0.3 is 14.2 Å². The number of ether oxygens (including phenoxy) is 1. The molecule has 5 heteroatoms. The number of aryl methyl sites for hydroxylation is 2. The molecule has 0 atom stereocenters. The van der Waals surface area contributed by atoms with Crippen LogP contribution in [-0.2, 0) is 13.2 Å². The van der Waals surface area contributed by atoms with E-state index in [9.17, 15) is 0 Å². The van der Waals surface area contributed by atoms with Crippen LogP contribution in [0.5, 0.6) is 5.75 Å². The van der Waals surface area contributed by atoms with E-state index in [1.807, 2.05) is 6.07 Å². The van der Waals surface area contributed by atoms with Gasteiger partial charge >= 0.3 is 0 Å². The smallest absolute Gasteiger partial charge is 0.148 e. The molecule has 0 fully saturated rings. The summed E-state index contributed by atoms with van der Waals surface area (Å²) in [6.45, 7) is 13.2. The molecular formula is C22H30ClN3O. The Morgan fingerprint density at radius 2 is 1.67 bits per heavy atom. The van der Waals surface area contributed by atoms with Crippen molar-refractivity contribution in [1.29, 1.82) is 0 Å². The van der Waals surface area contributed by atoms with E-state index >= 15 is 0 Å². The van der Waals surface area contributed by atoms with Crippen LogP contribution in [0.2, 0.25) is 0 Å². The molecule has 0 aliphatic carbocycles. The third-order valence-corrected chi connectivity index (χ3v) is 4.83. The Morgan fingerprint density at radius 1 is 1.00 bits per heavy atom. The number of fused-ring (bicyclic) bond motifs is 1. The summed E-state index contributed by atoms with van der Waals surface area (Å²) in [7, 11) is 0. The Hall–Kier alpha value is -2.04. The van der Waals surface area contributed by atoms with E-state index in [1.54, 1.807) is 0 Å². The zero-order valence-electron chi connectivity index (χ0n) is 16.7. The monoisotopic (exact) mass is 387 g/mol. The molecule has 0 saturated carbocycles. The minimum Gasteiger partial charge on any atom is -0.486 e. The first-order valence-corrected chi connectivity index (χ1v) is 9.48. The van der Waals surface area contributed by atoms with Crippen LogP contribution in [0.4, 0.5) is 0 Å². The maximum atomic E-state index is 6.09. The Morgan fingerprint density at radius 3 is 2.33 bits per heavy atom.